The first kappa shape index (κ1) is 24.3. The molecule has 0 bridgehead atoms. The summed E-state index contributed by atoms with van der Waals surface area (Å²) in [5.41, 5.74) is 3.63. The Bertz CT molecular complexity index is 985. The number of hydrogen-bond acceptors (Lipinski definition) is 4. The van der Waals surface area contributed by atoms with Crippen LogP contribution in [0.1, 0.15) is 57.6 Å². The van der Waals surface area contributed by atoms with Crippen molar-refractivity contribution in [1.82, 2.24) is 10.6 Å². The highest BCUT2D eigenvalue weighted by atomic mass is 16.5. The highest BCUT2D eigenvalue weighted by Crippen LogP contribution is 2.44. The number of fused-ring (bicyclic) bond motifs is 3. The summed E-state index contributed by atoms with van der Waals surface area (Å²) >= 11 is 0. The number of nitrogens with one attached hydrogen (secondary N) is 2. The Balaban J connectivity index is 1.57. The number of alkyl carbamates (subject to hydrolysis) is 1. The molecule has 0 heterocycles. The molecule has 1 aliphatic carbocycles. The summed E-state index contributed by atoms with van der Waals surface area (Å²) in [4.78, 5) is 36.3. The van der Waals surface area contributed by atoms with Crippen LogP contribution >= 0.6 is 0 Å². The van der Waals surface area contributed by atoms with Gasteiger partial charge < -0.3 is 20.5 Å². The second-order valence-corrected chi connectivity index (χ2v) is 9.60. The third-order valence-electron chi connectivity index (χ3n) is 5.73. The van der Waals surface area contributed by atoms with Crippen LogP contribution in [0.2, 0.25) is 0 Å². The fourth-order valence-corrected chi connectivity index (χ4v) is 4.29. The van der Waals surface area contributed by atoms with E-state index in [2.05, 4.69) is 22.8 Å². The van der Waals surface area contributed by atoms with Crippen molar-refractivity contribution in [1.29, 1.82) is 0 Å². The molecule has 0 saturated carbocycles. The normalized spacial score (nSPS) is 13.7. The quantitative estimate of drug-likeness (QED) is 0.526. The third-order valence-corrected chi connectivity index (χ3v) is 5.73. The molecule has 0 unspecified atom stereocenters. The lowest BCUT2D eigenvalue weighted by atomic mass is 9.98. The maximum atomic E-state index is 12.5. The predicted molar refractivity (Wildman–Crippen MR) is 126 cm³/mol. The first-order valence-corrected chi connectivity index (χ1v) is 11.2. The SMILES string of the molecule is CC(C)C[C@H](NC(=O)CC(C)(C)NC(=O)OCC1c2ccccc2-c2ccccc21)C(=O)O. The molecule has 2 aromatic carbocycles. The minimum absolute atomic E-state index is 0.0538. The molecule has 0 aromatic heterocycles. The maximum Gasteiger partial charge on any atom is 0.407 e. The van der Waals surface area contributed by atoms with Crippen molar-refractivity contribution in [2.24, 2.45) is 5.92 Å². The van der Waals surface area contributed by atoms with E-state index in [1.54, 1.807) is 13.8 Å². The topological polar surface area (TPSA) is 105 Å². The Hall–Kier alpha value is -3.35. The minimum atomic E-state index is -1.07. The molecule has 7 heteroatoms. The van der Waals surface area contributed by atoms with Crippen LogP contribution in [0.3, 0.4) is 0 Å². The van der Waals surface area contributed by atoms with Crippen LogP contribution in [0, 0.1) is 5.92 Å². The molecule has 0 spiro atoms. The number of carbonyl (C=O) groups excluding carboxylic acids is 2. The lowest BCUT2D eigenvalue weighted by Gasteiger charge is -2.27. The van der Waals surface area contributed by atoms with Gasteiger partial charge in [-0.15, -0.1) is 0 Å². The van der Waals surface area contributed by atoms with E-state index in [4.69, 9.17) is 4.74 Å². The highest BCUT2D eigenvalue weighted by molar-refractivity contribution is 5.84. The van der Waals surface area contributed by atoms with Crippen molar-refractivity contribution in [2.45, 2.75) is 58.0 Å². The Kier molecular flexibility index (Phi) is 7.41. The van der Waals surface area contributed by atoms with Gasteiger partial charge in [-0.1, -0.05) is 62.4 Å². The van der Waals surface area contributed by atoms with Gasteiger partial charge in [-0.25, -0.2) is 9.59 Å². The molecule has 0 radical (unpaired) electrons. The molecule has 0 saturated heterocycles. The number of aliphatic carboxylic acids is 1. The van der Waals surface area contributed by atoms with Gasteiger partial charge in [0.2, 0.25) is 5.91 Å². The molecule has 2 amide bonds. The lowest BCUT2D eigenvalue weighted by molar-refractivity contribution is -0.142. The van der Waals surface area contributed by atoms with E-state index in [1.807, 2.05) is 50.2 Å². The zero-order chi connectivity index (χ0) is 24.2. The number of hydrogen-bond donors (Lipinski definition) is 3. The van der Waals surface area contributed by atoms with Gasteiger partial charge in [0.15, 0.2) is 0 Å². The van der Waals surface area contributed by atoms with E-state index >= 15 is 0 Å². The molecule has 3 rings (SSSR count). The Labute approximate surface area is 194 Å². The standard InChI is InChI=1S/C26H32N2O5/c1-16(2)13-22(24(30)31)27-23(29)14-26(3,4)28-25(32)33-15-21-19-11-7-5-9-17(19)18-10-6-8-12-20(18)21/h5-12,16,21-22H,13-15H2,1-4H3,(H,27,29)(H,28,32)(H,30,31)/t22-/m0/s1. The van der Waals surface area contributed by atoms with Crippen LogP contribution in [0.25, 0.3) is 11.1 Å². The number of carboxylic acids is 1. The summed E-state index contributed by atoms with van der Waals surface area (Å²) in [7, 11) is 0. The van der Waals surface area contributed by atoms with Gasteiger partial charge in [-0.2, -0.15) is 0 Å². The average molecular weight is 453 g/mol. The van der Waals surface area contributed by atoms with Crippen LogP contribution in [-0.2, 0) is 14.3 Å². The molecule has 1 atom stereocenters. The molecular formula is C26H32N2O5. The Morgan fingerprint density at radius 2 is 1.55 bits per heavy atom. The van der Waals surface area contributed by atoms with Crippen LogP contribution in [-0.4, -0.2) is 41.3 Å². The zero-order valence-electron chi connectivity index (χ0n) is 19.6. The van der Waals surface area contributed by atoms with Crippen LogP contribution in [0.15, 0.2) is 48.5 Å². The van der Waals surface area contributed by atoms with Crippen LogP contribution in [0.4, 0.5) is 4.79 Å². The summed E-state index contributed by atoms with van der Waals surface area (Å²) in [6.45, 7) is 7.37. The molecule has 3 N–H and O–H groups in total. The lowest BCUT2D eigenvalue weighted by Crippen LogP contribution is -2.49. The fourth-order valence-electron chi connectivity index (χ4n) is 4.29. The molecule has 176 valence electrons. The first-order chi connectivity index (χ1) is 15.6. The van der Waals surface area contributed by atoms with Gasteiger partial charge in [-0.3, -0.25) is 4.79 Å². The maximum absolute atomic E-state index is 12.5. The molecule has 7 nitrogen and oxygen atoms in total. The van der Waals surface area contributed by atoms with Crippen molar-refractivity contribution in [3.05, 3.63) is 59.7 Å². The van der Waals surface area contributed by atoms with Crippen molar-refractivity contribution < 1.29 is 24.2 Å². The monoisotopic (exact) mass is 452 g/mol. The third kappa shape index (κ3) is 6.12. The van der Waals surface area contributed by atoms with Gasteiger partial charge in [0, 0.05) is 17.9 Å². The van der Waals surface area contributed by atoms with E-state index in [1.165, 1.54) is 0 Å². The second-order valence-electron chi connectivity index (χ2n) is 9.60. The zero-order valence-corrected chi connectivity index (χ0v) is 19.6. The summed E-state index contributed by atoms with van der Waals surface area (Å²) in [6.07, 6.45) is -0.355. The fraction of sp³-hybridized carbons (Fsp3) is 0.423. The van der Waals surface area contributed by atoms with Crippen LogP contribution < -0.4 is 10.6 Å². The van der Waals surface area contributed by atoms with E-state index < -0.39 is 29.6 Å². The van der Waals surface area contributed by atoms with E-state index in [0.29, 0.717) is 6.42 Å². The summed E-state index contributed by atoms with van der Waals surface area (Å²) in [5.74, 6) is -1.44. The van der Waals surface area contributed by atoms with E-state index in [-0.39, 0.29) is 24.9 Å². The number of carboxylic acid groups (broad SMARTS) is 1. The van der Waals surface area contributed by atoms with E-state index in [0.717, 1.165) is 22.3 Å². The van der Waals surface area contributed by atoms with Crippen molar-refractivity contribution >= 4 is 18.0 Å². The largest absolute Gasteiger partial charge is 0.480 e. The molecule has 1 aliphatic rings. The molecule has 33 heavy (non-hydrogen) atoms. The molecular weight excluding hydrogens is 420 g/mol. The Morgan fingerprint density at radius 1 is 1.00 bits per heavy atom. The average Bonchev–Trinajstić information content (AvgIpc) is 3.04. The number of rotatable bonds is 9. The summed E-state index contributed by atoms with van der Waals surface area (Å²) < 4.78 is 5.55. The van der Waals surface area contributed by atoms with Gasteiger partial charge in [0.05, 0.1) is 0 Å². The minimum Gasteiger partial charge on any atom is -0.480 e. The number of carbonyl (C=O) groups is 3. The molecule has 2 aromatic rings. The second kappa shape index (κ2) is 10.1. The molecule has 0 aliphatic heterocycles. The Morgan fingerprint density at radius 3 is 2.06 bits per heavy atom. The van der Waals surface area contributed by atoms with Crippen molar-refractivity contribution in [3.63, 3.8) is 0 Å². The highest BCUT2D eigenvalue weighted by Gasteiger charge is 2.31. The van der Waals surface area contributed by atoms with Crippen LogP contribution in [0.5, 0.6) is 0 Å². The number of amides is 2. The predicted octanol–water partition coefficient (Wildman–Crippen LogP) is 4.31. The molecule has 0 fully saturated rings. The van der Waals surface area contributed by atoms with Crippen molar-refractivity contribution in [3.8, 4) is 11.1 Å². The smallest absolute Gasteiger partial charge is 0.407 e. The summed E-state index contributed by atoms with van der Waals surface area (Å²) in [6, 6.07) is 15.2. The number of ether oxygens (including phenoxy) is 1. The van der Waals surface area contributed by atoms with Crippen molar-refractivity contribution in [2.75, 3.05) is 6.61 Å². The summed E-state index contributed by atoms with van der Waals surface area (Å²) in [5, 5.41) is 14.6. The van der Waals surface area contributed by atoms with Gasteiger partial charge >= 0.3 is 12.1 Å². The number of benzene rings is 2. The van der Waals surface area contributed by atoms with Gasteiger partial charge in [0.1, 0.15) is 12.6 Å². The van der Waals surface area contributed by atoms with Gasteiger partial charge in [-0.05, 0) is 48.4 Å². The van der Waals surface area contributed by atoms with E-state index in [9.17, 15) is 19.5 Å². The van der Waals surface area contributed by atoms with Gasteiger partial charge in [0.25, 0.3) is 0 Å². The first-order valence-electron chi connectivity index (χ1n) is 11.2.